The Morgan fingerprint density at radius 2 is 2.06 bits per heavy atom. The minimum absolute atomic E-state index is 0.0372. The Morgan fingerprint density at radius 3 is 2.72 bits per heavy atom. The summed E-state index contributed by atoms with van der Waals surface area (Å²) in [6.07, 6.45) is 2.02. The molecule has 0 radical (unpaired) electrons. The highest BCUT2D eigenvalue weighted by molar-refractivity contribution is 5.70. The van der Waals surface area contributed by atoms with Crippen LogP contribution in [0.1, 0.15) is 49.3 Å². The predicted octanol–water partition coefficient (Wildman–Crippen LogP) is 4.39. The molecule has 3 rings (SSSR count). The number of nitrogens with one attached hydrogen (secondary N) is 2. The Labute approximate surface area is 207 Å². The fourth-order valence-corrected chi connectivity index (χ4v) is 3.61. The van der Waals surface area contributed by atoms with Crippen LogP contribution in [-0.2, 0) is 16.8 Å². The van der Waals surface area contributed by atoms with Crippen molar-refractivity contribution in [1.29, 1.82) is 10.8 Å². The molecule has 0 saturated heterocycles. The standard InChI is InChI=1S/C25H25FN8O2/c1-3-25(2,11-22(35)36)21-9-5-7-16(31-21)13-30-14-20(34-29)19-10-18(32-24(28)33-19)17-8-4-6-15(12-27)23(17)26/h4-10,14,29-30H,3,11,13H2,1-2H3,(H,35,36)(H2,28,32,33)/b20-14-,34-29?. The van der Waals surface area contributed by atoms with Gasteiger partial charge in [0.15, 0.2) is 0 Å². The summed E-state index contributed by atoms with van der Waals surface area (Å²) in [5.41, 5.74) is 14.5. The Balaban J connectivity index is 1.85. The summed E-state index contributed by atoms with van der Waals surface area (Å²) in [6, 6.07) is 13.0. The quantitative estimate of drug-likeness (QED) is 0.304. The zero-order chi connectivity index (χ0) is 26.3. The maximum atomic E-state index is 14.7. The van der Waals surface area contributed by atoms with Crippen molar-refractivity contribution in [3.05, 3.63) is 77.1 Å². The van der Waals surface area contributed by atoms with E-state index in [2.05, 4.69) is 25.4 Å². The van der Waals surface area contributed by atoms with E-state index in [0.29, 0.717) is 17.8 Å². The van der Waals surface area contributed by atoms with Gasteiger partial charge in [-0.1, -0.05) is 26.0 Å². The van der Waals surface area contributed by atoms with Crippen molar-refractivity contribution in [2.24, 2.45) is 5.11 Å². The highest BCUT2D eigenvalue weighted by Gasteiger charge is 2.29. The van der Waals surface area contributed by atoms with E-state index in [9.17, 15) is 14.3 Å². The first-order valence-corrected chi connectivity index (χ1v) is 11.0. The molecule has 5 N–H and O–H groups in total. The Bertz CT molecular complexity index is 1370. The number of nitrogens with two attached hydrogens (primary N) is 1. The van der Waals surface area contributed by atoms with Crippen LogP contribution in [0.4, 0.5) is 10.3 Å². The van der Waals surface area contributed by atoms with Gasteiger partial charge in [-0.2, -0.15) is 10.4 Å². The van der Waals surface area contributed by atoms with Crippen LogP contribution in [0.25, 0.3) is 17.0 Å². The molecule has 2 aromatic heterocycles. The van der Waals surface area contributed by atoms with Crippen molar-refractivity contribution < 1.29 is 14.3 Å². The molecule has 0 aliphatic rings. The summed E-state index contributed by atoms with van der Waals surface area (Å²) in [5, 5.41) is 24.9. The largest absolute Gasteiger partial charge is 0.481 e. The van der Waals surface area contributed by atoms with Gasteiger partial charge in [-0.3, -0.25) is 9.78 Å². The van der Waals surface area contributed by atoms with E-state index in [1.165, 1.54) is 30.5 Å². The average Bonchev–Trinajstić information content (AvgIpc) is 2.86. The van der Waals surface area contributed by atoms with E-state index in [-0.39, 0.29) is 47.1 Å². The third-order valence-electron chi connectivity index (χ3n) is 5.79. The normalized spacial score (nSPS) is 12.9. The third kappa shape index (κ3) is 5.85. The minimum Gasteiger partial charge on any atom is -0.481 e. The van der Waals surface area contributed by atoms with Crippen LogP contribution in [0.2, 0.25) is 0 Å². The van der Waals surface area contributed by atoms with E-state index in [0.717, 1.165) is 0 Å². The predicted molar refractivity (Wildman–Crippen MR) is 131 cm³/mol. The van der Waals surface area contributed by atoms with Crippen molar-refractivity contribution in [3.63, 3.8) is 0 Å². The van der Waals surface area contributed by atoms with E-state index in [1.807, 2.05) is 26.0 Å². The lowest BCUT2D eigenvalue weighted by Gasteiger charge is -2.26. The number of benzene rings is 1. The van der Waals surface area contributed by atoms with Crippen LogP contribution in [0.15, 0.2) is 53.8 Å². The van der Waals surface area contributed by atoms with E-state index < -0.39 is 17.2 Å². The highest BCUT2D eigenvalue weighted by Crippen LogP contribution is 2.30. The number of carbonyl (C=O) groups is 1. The number of nitrogen functional groups attached to an aromatic ring is 1. The second-order valence-electron chi connectivity index (χ2n) is 8.30. The van der Waals surface area contributed by atoms with Crippen LogP contribution in [0.5, 0.6) is 0 Å². The summed E-state index contributed by atoms with van der Waals surface area (Å²) >= 11 is 0. The first-order valence-electron chi connectivity index (χ1n) is 11.0. The molecule has 184 valence electrons. The van der Waals surface area contributed by atoms with Gasteiger partial charge in [0.1, 0.15) is 17.6 Å². The molecular weight excluding hydrogens is 463 g/mol. The second kappa shape index (κ2) is 11.1. The smallest absolute Gasteiger partial charge is 0.304 e. The topological polar surface area (TPSA) is 174 Å². The highest BCUT2D eigenvalue weighted by atomic mass is 19.1. The van der Waals surface area contributed by atoms with Gasteiger partial charge in [0.05, 0.1) is 35.6 Å². The summed E-state index contributed by atoms with van der Waals surface area (Å²) in [5.74, 6) is -1.77. The number of aromatic nitrogens is 3. The van der Waals surface area contributed by atoms with E-state index in [1.54, 1.807) is 12.1 Å². The molecule has 1 unspecified atom stereocenters. The molecule has 0 spiro atoms. The van der Waals surface area contributed by atoms with Crippen molar-refractivity contribution in [2.45, 2.75) is 38.6 Å². The Kier molecular flexibility index (Phi) is 8.01. The number of anilines is 1. The van der Waals surface area contributed by atoms with Crippen LogP contribution in [-0.4, -0.2) is 26.0 Å². The monoisotopic (exact) mass is 488 g/mol. The number of carboxylic acids is 1. The SMILES string of the molecule is CCC(C)(CC(=O)O)c1cccc(CN/C=C(\N=N)c2cc(-c3cccc(C#N)c3F)nc(N)n2)n1. The van der Waals surface area contributed by atoms with Crippen molar-refractivity contribution in [2.75, 3.05) is 5.73 Å². The second-order valence-corrected chi connectivity index (χ2v) is 8.30. The molecule has 0 fully saturated rings. The van der Waals surface area contributed by atoms with Gasteiger partial charge in [-0.05, 0) is 36.8 Å². The number of pyridine rings is 1. The molecular formula is C25H25FN8O2. The molecule has 0 amide bonds. The van der Waals surface area contributed by atoms with Gasteiger partial charge in [-0.25, -0.2) is 19.9 Å². The zero-order valence-corrected chi connectivity index (χ0v) is 19.8. The van der Waals surface area contributed by atoms with Crippen LogP contribution in [0, 0.1) is 22.7 Å². The number of nitriles is 1. The average molecular weight is 489 g/mol. The Morgan fingerprint density at radius 1 is 1.31 bits per heavy atom. The third-order valence-corrected chi connectivity index (χ3v) is 5.79. The van der Waals surface area contributed by atoms with E-state index >= 15 is 0 Å². The molecule has 0 aliphatic heterocycles. The van der Waals surface area contributed by atoms with E-state index in [4.69, 9.17) is 16.5 Å². The van der Waals surface area contributed by atoms with Gasteiger partial charge >= 0.3 is 5.97 Å². The van der Waals surface area contributed by atoms with Crippen molar-refractivity contribution in [3.8, 4) is 17.3 Å². The fourth-order valence-electron chi connectivity index (χ4n) is 3.61. The summed E-state index contributed by atoms with van der Waals surface area (Å²) < 4.78 is 14.7. The zero-order valence-electron chi connectivity index (χ0n) is 19.8. The summed E-state index contributed by atoms with van der Waals surface area (Å²) in [4.78, 5) is 24.1. The summed E-state index contributed by atoms with van der Waals surface area (Å²) in [7, 11) is 0. The molecule has 1 atom stereocenters. The number of aliphatic carboxylic acids is 1. The van der Waals surface area contributed by atoms with Gasteiger partial charge in [0.25, 0.3) is 0 Å². The minimum atomic E-state index is -0.892. The molecule has 2 heterocycles. The van der Waals surface area contributed by atoms with Gasteiger partial charge in [0.2, 0.25) is 5.95 Å². The number of hydrogen-bond acceptors (Lipinski definition) is 9. The first kappa shape index (κ1) is 25.9. The van der Waals surface area contributed by atoms with Crippen molar-refractivity contribution >= 4 is 17.6 Å². The number of halogens is 1. The lowest BCUT2D eigenvalue weighted by atomic mass is 9.80. The fraction of sp³-hybridized carbons (Fsp3) is 0.240. The lowest BCUT2D eigenvalue weighted by Crippen LogP contribution is -2.26. The number of rotatable bonds is 10. The molecule has 11 heteroatoms. The number of hydrogen-bond donors (Lipinski definition) is 4. The number of carboxylic acid groups (broad SMARTS) is 1. The number of nitrogens with zero attached hydrogens (tertiary/aromatic N) is 5. The summed E-state index contributed by atoms with van der Waals surface area (Å²) in [6.45, 7) is 4.06. The maximum absolute atomic E-state index is 14.7. The molecule has 3 aromatic rings. The molecule has 0 saturated carbocycles. The first-order chi connectivity index (χ1) is 17.2. The van der Waals surface area contributed by atoms with Crippen LogP contribution in [0.3, 0.4) is 0 Å². The van der Waals surface area contributed by atoms with Crippen molar-refractivity contribution in [1.82, 2.24) is 20.3 Å². The van der Waals surface area contributed by atoms with Crippen LogP contribution < -0.4 is 11.1 Å². The van der Waals surface area contributed by atoms with Gasteiger partial charge in [0, 0.05) is 22.9 Å². The molecule has 0 aliphatic carbocycles. The van der Waals surface area contributed by atoms with Crippen LogP contribution >= 0.6 is 0 Å². The molecule has 0 bridgehead atoms. The maximum Gasteiger partial charge on any atom is 0.304 e. The molecule has 10 nitrogen and oxygen atoms in total. The van der Waals surface area contributed by atoms with Gasteiger partial charge in [-0.15, -0.1) is 0 Å². The molecule has 36 heavy (non-hydrogen) atoms. The Hall–Kier alpha value is -4.72. The lowest BCUT2D eigenvalue weighted by molar-refractivity contribution is -0.138. The van der Waals surface area contributed by atoms with Gasteiger partial charge < -0.3 is 16.2 Å². The molecule has 1 aromatic carbocycles.